The third-order valence-corrected chi connectivity index (χ3v) is 4.05. The number of rotatable bonds is 6. The molecule has 1 rings (SSSR count). The molecule has 0 aliphatic heterocycles. The van der Waals surface area contributed by atoms with Gasteiger partial charge in [0.25, 0.3) is 0 Å². The van der Waals surface area contributed by atoms with Gasteiger partial charge in [-0.3, -0.25) is 0 Å². The third-order valence-electron chi connectivity index (χ3n) is 4.05. The minimum atomic E-state index is 0.813. The molecule has 0 aromatic heterocycles. The maximum absolute atomic E-state index is 3.76. The van der Waals surface area contributed by atoms with E-state index in [-0.39, 0.29) is 0 Å². The first-order valence-corrected chi connectivity index (χ1v) is 7.33. The SMILES string of the molecule is CC(C)CCCNC1CCCC(C(C)C)C1. The molecule has 0 radical (unpaired) electrons. The molecule has 0 bridgehead atoms. The Morgan fingerprint density at radius 2 is 1.88 bits per heavy atom. The average Bonchev–Trinajstić information content (AvgIpc) is 2.24. The zero-order valence-corrected chi connectivity index (χ0v) is 11.8. The molecular formula is C15H31N. The molecular weight excluding hydrogens is 194 g/mol. The van der Waals surface area contributed by atoms with Gasteiger partial charge in [-0.15, -0.1) is 0 Å². The first-order chi connectivity index (χ1) is 7.59. The molecule has 1 nitrogen and oxygen atoms in total. The Bertz CT molecular complexity index is 174. The lowest BCUT2D eigenvalue weighted by Gasteiger charge is -2.32. The quantitative estimate of drug-likeness (QED) is 0.667. The Hall–Kier alpha value is -0.0400. The van der Waals surface area contributed by atoms with Crippen molar-refractivity contribution in [3.05, 3.63) is 0 Å². The molecule has 16 heavy (non-hydrogen) atoms. The summed E-state index contributed by atoms with van der Waals surface area (Å²) in [6.07, 6.45) is 8.44. The van der Waals surface area contributed by atoms with Crippen molar-refractivity contribution >= 4 is 0 Å². The van der Waals surface area contributed by atoms with Crippen LogP contribution in [0.25, 0.3) is 0 Å². The summed E-state index contributed by atoms with van der Waals surface area (Å²) >= 11 is 0. The summed E-state index contributed by atoms with van der Waals surface area (Å²) in [6, 6.07) is 0.813. The van der Waals surface area contributed by atoms with Crippen molar-refractivity contribution in [2.24, 2.45) is 17.8 Å². The van der Waals surface area contributed by atoms with E-state index in [4.69, 9.17) is 0 Å². The van der Waals surface area contributed by atoms with E-state index in [1.807, 2.05) is 0 Å². The molecule has 0 heterocycles. The summed E-state index contributed by atoms with van der Waals surface area (Å²) in [6.45, 7) is 10.6. The van der Waals surface area contributed by atoms with Crippen LogP contribution < -0.4 is 5.32 Å². The fourth-order valence-corrected chi connectivity index (χ4v) is 2.83. The maximum atomic E-state index is 3.76. The van der Waals surface area contributed by atoms with Crippen LogP contribution in [0, 0.1) is 17.8 Å². The van der Waals surface area contributed by atoms with E-state index < -0.39 is 0 Å². The van der Waals surface area contributed by atoms with Gasteiger partial charge in [0, 0.05) is 6.04 Å². The maximum Gasteiger partial charge on any atom is 0.00698 e. The van der Waals surface area contributed by atoms with Crippen molar-refractivity contribution in [2.45, 2.75) is 72.3 Å². The van der Waals surface area contributed by atoms with E-state index in [0.29, 0.717) is 0 Å². The minimum Gasteiger partial charge on any atom is -0.314 e. The molecule has 1 aliphatic carbocycles. The Morgan fingerprint density at radius 3 is 2.50 bits per heavy atom. The zero-order chi connectivity index (χ0) is 12.0. The second-order valence-corrected chi connectivity index (χ2v) is 6.36. The standard InChI is InChI=1S/C15H31N/c1-12(2)7-6-10-16-15-9-5-8-14(11-15)13(3)4/h12-16H,5-11H2,1-4H3. The van der Waals surface area contributed by atoms with Crippen molar-refractivity contribution in [1.82, 2.24) is 5.32 Å². The molecule has 1 heteroatoms. The summed E-state index contributed by atoms with van der Waals surface area (Å²) < 4.78 is 0. The topological polar surface area (TPSA) is 12.0 Å². The van der Waals surface area contributed by atoms with Crippen molar-refractivity contribution in [2.75, 3.05) is 6.54 Å². The van der Waals surface area contributed by atoms with Crippen LogP contribution in [0.1, 0.15) is 66.2 Å². The molecule has 1 aliphatic rings. The predicted molar refractivity (Wildman–Crippen MR) is 72.7 cm³/mol. The van der Waals surface area contributed by atoms with E-state index >= 15 is 0 Å². The van der Waals surface area contributed by atoms with Gasteiger partial charge in [0.2, 0.25) is 0 Å². The first kappa shape index (κ1) is 14.0. The van der Waals surface area contributed by atoms with Crippen LogP contribution in [0.15, 0.2) is 0 Å². The molecule has 1 saturated carbocycles. The van der Waals surface area contributed by atoms with E-state index in [1.54, 1.807) is 0 Å². The lowest BCUT2D eigenvalue weighted by atomic mass is 9.79. The molecule has 2 unspecified atom stereocenters. The molecule has 1 N–H and O–H groups in total. The number of nitrogens with one attached hydrogen (secondary N) is 1. The van der Waals surface area contributed by atoms with E-state index in [0.717, 1.165) is 23.8 Å². The highest BCUT2D eigenvalue weighted by Gasteiger charge is 2.23. The average molecular weight is 225 g/mol. The second-order valence-electron chi connectivity index (χ2n) is 6.36. The van der Waals surface area contributed by atoms with Crippen LogP contribution in [0.4, 0.5) is 0 Å². The van der Waals surface area contributed by atoms with Gasteiger partial charge in [0.1, 0.15) is 0 Å². The highest BCUT2D eigenvalue weighted by molar-refractivity contribution is 4.79. The second kappa shape index (κ2) is 7.32. The van der Waals surface area contributed by atoms with E-state index in [1.165, 1.54) is 45.1 Å². The smallest absolute Gasteiger partial charge is 0.00698 e. The van der Waals surface area contributed by atoms with Crippen molar-refractivity contribution in [3.8, 4) is 0 Å². The lowest BCUT2D eigenvalue weighted by Crippen LogP contribution is -2.36. The number of hydrogen-bond acceptors (Lipinski definition) is 1. The highest BCUT2D eigenvalue weighted by atomic mass is 14.9. The van der Waals surface area contributed by atoms with Crippen LogP contribution in [-0.2, 0) is 0 Å². The van der Waals surface area contributed by atoms with E-state index in [9.17, 15) is 0 Å². The van der Waals surface area contributed by atoms with Crippen LogP contribution in [-0.4, -0.2) is 12.6 Å². The molecule has 0 saturated heterocycles. The van der Waals surface area contributed by atoms with Crippen molar-refractivity contribution in [1.29, 1.82) is 0 Å². The molecule has 0 aromatic carbocycles. The van der Waals surface area contributed by atoms with Crippen LogP contribution >= 0.6 is 0 Å². The van der Waals surface area contributed by atoms with Crippen LogP contribution in [0.3, 0.4) is 0 Å². The summed E-state index contributed by atoms with van der Waals surface area (Å²) in [5, 5.41) is 3.76. The molecule has 1 fully saturated rings. The van der Waals surface area contributed by atoms with Gasteiger partial charge in [0.15, 0.2) is 0 Å². The monoisotopic (exact) mass is 225 g/mol. The van der Waals surface area contributed by atoms with Gasteiger partial charge in [-0.1, -0.05) is 40.5 Å². The van der Waals surface area contributed by atoms with Gasteiger partial charge < -0.3 is 5.32 Å². The van der Waals surface area contributed by atoms with Crippen molar-refractivity contribution in [3.63, 3.8) is 0 Å². The van der Waals surface area contributed by atoms with Gasteiger partial charge in [-0.05, 0) is 50.0 Å². The predicted octanol–water partition coefficient (Wildman–Crippen LogP) is 4.23. The minimum absolute atomic E-state index is 0.813. The number of hydrogen-bond donors (Lipinski definition) is 1. The van der Waals surface area contributed by atoms with Gasteiger partial charge in [-0.2, -0.15) is 0 Å². The summed E-state index contributed by atoms with van der Waals surface area (Å²) in [4.78, 5) is 0. The van der Waals surface area contributed by atoms with Gasteiger partial charge in [-0.25, -0.2) is 0 Å². The summed E-state index contributed by atoms with van der Waals surface area (Å²) in [5.41, 5.74) is 0. The molecule has 0 aromatic rings. The first-order valence-electron chi connectivity index (χ1n) is 7.33. The Morgan fingerprint density at radius 1 is 1.12 bits per heavy atom. The Balaban J connectivity index is 2.12. The van der Waals surface area contributed by atoms with Crippen LogP contribution in [0.5, 0.6) is 0 Å². The Kier molecular flexibility index (Phi) is 6.41. The van der Waals surface area contributed by atoms with Crippen molar-refractivity contribution < 1.29 is 0 Å². The molecule has 96 valence electrons. The fourth-order valence-electron chi connectivity index (χ4n) is 2.83. The lowest BCUT2D eigenvalue weighted by molar-refractivity contribution is 0.231. The highest BCUT2D eigenvalue weighted by Crippen LogP contribution is 2.29. The van der Waals surface area contributed by atoms with Gasteiger partial charge in [0.05, 0.1) is 0 Å². The fraction of sp³-hybridized carbons (Fsp3) is 1.00. The molecule has 2 atom stereocenters. The summed E-state index contributed by atoms with van der Waals surface area (Å²) in [7, 11) is 0. The zero-order valence-electron chi connectivity index (χ0n) is 11.8. The van der Waals surface area contributed by atoms with Gasteiger partial charge >= 0.3 is 0 Å². The largest absolute Gasteiger partial charge is 0.314 e. The van der Waals surface area contributed by atoms with E-state index in [2.05, 4.69) is 33.0 Å². The molecule has 0 amide bonds. The molecule has 0 spiro atoms. The normalized spacial score (nSPS) is 26.6. The third kappa shape index (κ3) is 5.34. The summed E-state index contributed by atoms with van der Waals surface area (Å²) in [5.74, 6) is 2.70. The van der Waals surface area contributed by atoms with Crippen LogP contribution in [0.2, 0.25) is 0 Å². The Labute approximate surface area is 102 Å².